The molecule has 1 aliphatic rings. The molecule has 111 valence electrons. The van der Waals surface area contributed by atoms with Gasteiger partial charge in [-0.2, -0.15) is 4.31 Å². The first-order valence-electron chi connectivity index (χ1n) is 6.45. The summed E-state index contributed by atoms with van der Waals surface area (Å²) in [5.74, 6) is -1.39. The van der Waals surface area contributed by atoms with Gasteiger partial charge in [0.2, 0.25) is 10.0 Å². The molecule has 0 amide bonds. The van der Waals surface area contributed by atoms with Gasteiger partial charge in [-0.05, 0) is 51.3 Å². The van der Waals surface area contributed by atoms with Crippen molar-refractivity contribution in [1.82, 2.24) is 4.31 Å². The van der Waals surface area contributed by atoms with Crippen LogP contribution >= 0.6 is 0 Å². The highest BCUT2D eigenvalue weighted by molar-refractivity contribution is 7.90. The molecule has 1 radical (unpaired) electrons. The molecule has 0 saturated carbocycles. The molecule has 1 aliphatic heterocycles. The summed E-state index contributed by atoms with van der Waals surface area (Å²) < 4.78 is 52.0. The van der Waals surface area contributed by atoms with E-state index in [1.807, 2.05) is 0 Å². The highest BCUT2D eigenvalue weighted by Crippen LogP contribution is 2.40. The molecule has 1 fully saturated rings. The molecule has 1 atom stereocenters. The van der Waals surface area contributed by atoms with Crippen molar-refractivity contribution in [3.05, 3.63) is 41.9 Å². The molecule has 0 bridgehead atoms. The maximum atomic E-state index is 13.3. The maximum Gasteiger partial charge on any atom is 0.219 e. The van der Waals surface area contributed by atoms with Crippen molar-refractivity contribution in [3.63, 3.8) is 0 Å². The second-order valence-electron chi connectivity index (χ2n) is 5.93. The average molecular weight is 302 g/mol. The first-order chi connectivity index (χ1) is 9.13. The fraction of sp³-hybridized carbons (Fsp3) is 0.500. The van der Waals surface area contributed by atoms with Crippen molar-refractivity contribution in [2.75, 3.05) is 0 Å². The van der Waals surface area contributed by atoms with Crippen LogP contribution in [0.15, 0.2) is 18.2 Å². The summed E-state index contributed by atoms with van der Waals surface area (Å²) in [5, 5.41) is 0. The van der Waals surface area contributed by atoms with E-state index in [-0.39, 0.29) is 0 Å². The van der Waals surface area contributed by atoms with E-state index >= 15 is 0 Å². The van der Waals surface area contributed by atoms with Crippen molar-refractivity contribution < 1.29 is 17.2 Å². The molecule has 1 aromatic carbocycles. The van der Waals surface area contributed by atoms with Crippen LogP contribution in [-0.2, 0) is 10.0 Å². The van der Waals surface area contributed by atoms with E-state index in [0.717, 1.165) is 6.07 Å². The number of hydrogen-bond acceptors (Lipinski definition) is 2. The Morgan fingerprint density at radius 1 is 1.15 bits per heavy atom. The molecule has 0 unspecified atom stereocenters. The van der Waals surface area contributed by atoms with Crippen molar-refractivity contribution in [1.29, 1.82) is 0 Å². The average Bonchev–Trinajstić information content (AvgIpc) is 2.74. The topological polar surface area (TPSA) is 37.4 Å². The zero-order valence-electron chi connectivity index (χ0n) is 11.7. The molecule has 1 saturated heterocycles. The van der Waals surface area contributed by atoms with E-state index in [2.05, 4.69) is 0 Å². The zero-order chi connectivity index (χ0) is 15.1. The summed E-state index contributed by atoms with van der Waals surface area (Å²) in [4.78, 5) is 0. The second-order valence-corrected chi connectivity index (χ2v) is 8.52. The zero-order valence-corrected chi connectivity index (χ0v) is 12.5. The van der Waals surface area contributed by atoms with E-state index in [4.69, 9.17) is 0 Å². The third-order valence-electron chi connectivity index (χ3n) is 3.38. The Bertz CT molecular complexity index is 588. The van der Waals surface area contributed by atoms with Gasteiger partial charge in [0.15, 0.2) is 0 Å². The van der Waals surface area contributed by atoms with Crippen molar-refractivity contribution in [2.24, 2.45) is 0 Å². The largest absolute Gasteiger partial charge is 0.219 e. The van der Waals surface area contributed by atoms with Crippen LogP contribution in [0, 0.1) is 18.2 Å². The van der Waals surface area contributed by atoms with E-state index in [0.29, 0.717) is 18.4 Å². The van der Waals surface area contributed by atoms with E-state index < -0.39 is 32.4 Å². The van der Waals surface area contributed by atoms with Gasteiger partial charge in [0, 0.05) is 12.6 Å². The lowest BCUT2D eigenvalue weighted by Crippen LogP contribution is -2.41. The molecule has 0 N–H and O–H groups in total. The van der Waals surface area contributed by atoms with Gasteiger partial charge in [-0.1, -0.05) is 0 Å². The van der Waals surface area contributed by atoms with E-state index in [9.17, 15) is 17.2 Å². The van der Waals surface area contributed by atoms with Gasteiger partial charge < -0.3 is 0 Å². The van der Waals surface area contributed by atoms with Gasteiger partial charge in [-0.25, -0.2) is 17.2 Å². The van der Waals surface area contributed by atoms with Crippen LogP contribution in [-0.4, -0.2) is 17.5 Å². The summed E-state index contributed by atoms with van der Waals surface area (Å²) in [5.41, 5.74) is 0.351. The number of sulfonamides is 1. The fourth-order valence-electron chi connectivity index (χ4n) is 2.28. The molecule has 0 aliphatic carbocycles. The third-order valence-corrected chi connectivity index (χ3v) is 5.88. The van der Waals surface area contributed by atoms with Crippen LogP contribution in [0.4, 0.5) is 8.78 Å². The lowest BCUT2D eigenvalue weighted by Gasteiger charge is -2.31. The molecule has 0 aromatic heterocycles. The Morgan fingerprint density at radius 3 is 2.20 bits per heavy atom. The third kappa shape index (κ3) is 2.72. The van der Waals surface area contributed by atoms with Crippen LogP contribution in [0.1, 0.15) is 45.2 Å². The summed E-state index contributed by atoms with van der Waals surface area (Å²) in [7, 11) is -3.57. The highest BCUT2D eigenvalue weighted by atomic mass is 32.2. The Morgan fingerprint density at radius 2 is 1.70 bits per heavy atom. The van der Waals surface area contributed by atoms with Crippen molar-refractivity contribution in [3.8, 4) is 0 Å². The summed E-state index contributed by atoms with van der Waals surface area (Å²) in [6, 6.07) is 2.63. The summed E-state index contributed by atoms with van der Waals surface area (Å²) in [6.07, 6.45) is 1.09. The molecule has 1 heterocycles. The lowest BCUT2D eigenvalue weighted by molar-refractivity contribution is 0.405. The fourth-order valence-corrected chi connectivity index (χ4v) is 3.77. The molecule has 0 spiro atoms. The SMILES string of the molecule is CC(C)(C)S(=O)(=O)N1[CH]CC[C@@H]1c1cc(F)cc(F)c1. The number of rotatable bonds is 2. The van der Waals surface area contributed by atoms with Crippen LogP contribution in [0.25, 0.3) is 0 Å². The molecular weight excluding hydrogens is 284 g/mol. The summed E-state index contributed by atoms with van der Waals surface area (Å²) >= 11 is 0. The van der Waals surface area contributed by atoms with Gasteiger partial charge in [-0.15, -0.1) is 0 Å². The maximum absolute atomic E-state index is 13.3. The molecule has 20 heavy (non-hydrogen) atoms. The number of hydrogen-bond donors (Lipinski definition) is 0. The number of benzene rings is 1. The normalized spacial score (nSPS) is 21.4. The minimum atomic E-state index is -3.57. The number of halogens is 2. The Balaban J connectivity index is 2.42. The Hall–Kier alpha value is -1.01. The number of nitrogens with zero attached hydrogens (tertiary/aromatic N) is 1. The first-order valence-corrected chi connectivity index (χ1v) is 7.89. The van der Waals surface area contributed by atoms with Gasteiger partial charge in [0.05, 0.1) is 10.8 Å². The minimum absolute atomic E-state index is 0.351. The highest BCUT2D eigenvalue weighted by Gasteiger charge is 2.42. The van der Waals surface area contributed by atoms with Crippen molar-refractivity contribution in [2.45, 2.75) is 44.4 Å². The first kappa shape index (κ1) is 15.4. The van der Waals surface area contributed by atoms with Crippen LogP contribution in [0.2, 0.25) is 0 Å². The molecule has 2 rings (SSSR count). The van der Waals surface area contributed by atoms with E-state index in [1.165, 1.54) is 16.4 Å². The lowest BCUT2D eigenvalue weighted by atomic mass is 10.1. The Kier molecular flexibility index (Phi) is 3.90. The quantitative estimate of drug-likeness (QED) is 0.839. The molecule has 1 aromatic rings. The van der Waals surface area contributed by atoms with Crippen molar-refractivity contribution >= 4 is 10.0 Å². The van der Waals surface area contributed by atoms with Crippen LogP contribution in [0.3, 0.4) is 0 Å². The predicted molar refractivity (Wildman–Crippen MR) is 73.1 cm³/mol. The smallest absolute Gasteiger partial charge is 0.212 e. The Labute approximate surface area is 118 Å². The van der Waals surface area contributed by atoms with E-state index in [1.54, 1.807) is 27.3 Å². The van der Waals surface area contributed by atoms with Gasteiger partial charge in [-0.3, -0.25) is 0 Å². The predicted octanol–water partition coefficient (Wildman–Crippen LogP) is 3.39. The second kappa shape index (κ2) is 5.07. The minimum Gasteiger partial charge on any atom is -0.212 e. The van der Waals surface area contributed by atoms with Gasteiger partial charge in [0.25, 0.3) is 0 Å². The van der Waals surface area contributed by atoms with Crippen LogP contribution < -0.4 is 0 Å². The van der Waals surface area contributed by atoms with Gasteiger partial charge >= 0.3 is 0 Å². The molecular formula is C14H18F2NO2S. The standard InChI is InChI=1S/C14H18F2NO2S/c1-14(2,3)20(18,19)17-6-4-5-13(17)10-7-11(15)9-12(16)8-10/h6-9,13H,4-5H2,1-3H3/t13-/m1/s1. The monoisotopic (exact) mass is 302 g/mol. The molecule has 6 heteroatoms. The summed E-state index contributed by atoms with van der Waals surface area (Å²) in [6.45, 7) is 6.42. The molecule has 3 nitrogen and oxygen atoms in total. The van der Waals surface area contributed by atoms with Crippen LogP contribution in [0.5, 0.6) is 0 Å². The van der Waals surface area contributed by atoms with Gasteiger partial charge in [0.1, 0.15) is 11.6 Å².